The largest absolute Gasteiger partial charge is 0.481 e. The van der Waals surface area contributed by atoms with Crippen molar-refractivity contribution in [3.05, 3.63) is 0 Å². The second kappa shape index (κ2) is 9.60. The Morgan fingerprint density at radius 1 is 1.00 bits per heavy atom. The number of unbranched alkanes of at least 4 members (excludes halogenated alkanes) is 4. The number of hydrogen-bond acceptors (Lipinski definition) is 3. The molecule has 0 bridgehead atoms. The maximum atomic E-state index is 10.2. The van der Waals surface area contributed by atoms with Crippen LogP contribution in [0.4, 0.5) is 0 Å². The van der Waals surface area contributed by atoms with E-state index in [0.717, 1.165) is 32.1 Å². The summed E-state index contributed by atoms with van der Waals surface area (Å²) < 4.78 is 0. The predicted octanol–water partition coefficient (Wildman–Crippen LogP) is 1.93. The van der Waals surface area contributed by atoms with Gasteiger partial charge in [-0.1, -0.05) is 32.6 Å². The maximum absolute atomic E-state index is 10.2. The van der Waals surface area contributed by atoms with Crippen LogP contribution in [-0.2, 0) is 4.79 Å². The van der Waals surface area contributed by atoms with Crippen LogP contribution >= 0.6 is 0 Å². The third-order valence-electron chi connectivity index (χ3n) is 2.75. The summed E-state index contributed by atoms with van der Waals surface area (Å²) in [5, 5.41) is 27.2. The van der Waals surface area contributed by atoms with Crippen LogP contribution in [0.5, 0.6) is 0 Å². The lowest BCUT2D eigenvalue weighted by atomic mass is 10.0. The molecule has 0 heterocycles. The van der Waals surface area contributed by atoms with Crippen molar-refractivity contribution in [1.29, 1.82) is 0 Å². The van der Waals surface area contributed by atoms with Gasteiger partial charge in [-0.15, -0.1) is 0 Å². The molecule has 0 saturated heterocycles. The van der Waals surface area contributed by atoms with Crippen molar-refractivity contribution in [2.75, 3.05) is 0 Å². The molecule has 0 aromatic carbocycles. The lowest BCUT2D eigenvalue weighted by molar-refractivity contribution is -0.137. The molecule has 0 aliphatic carbocycles. The van der Waals surface area contributed by atoms with Crippen LogP contribution in [0, 0.1) is 0 Å². The highest BCUT2D eigenvalue weighted by Gasteiger charge is 2.12. The molecule has 0 radical (unpaired) electrons. The molecule has 0 fully saturated rings. The molecule has 0 unspecified atom stereocenters. The third-order valence-corrected chi connectivity index (χ3v) is 2.75. The van der Waals surface area contributed by atoms with E-state index in [1.807, 2.05) is 6.92 Å². The predicted molar refractivity (Wildman–Crippen MR) is 62.3 cm³/mol. The molecule has 0 aromatic rings. The Hall–Kier alpha value is -0.610. The summed E-state index contributed by atoms with van der Waals surface area (Å²) >= 11 is 0. The first-order valence-electron chi connectivity index (χ1n) is 6.15. The average Bonchev–Trinajstić information content (AvgIpc) is 2.25. The van der Waals surface area contributed by atoms with Gasteiger partial charge in [0.05, 0.1) is 12.2 Å². The quantitative estimate of drug-likeness (QED) is 0.503. The molecule has 96 valence electrons. The van der Waals surface area contributed by atoms with E-state index in [0.29, 0.717) is 12.8 Å². The van der Waals surface area contributed by atoms with Gasteiger partial charge >= 0.3 is 5.97 Å². The number of carbonyl (C=O) groups is 1. The number of aliphatic hydroxyl groups is 2. The van der Waals surface area contributed by atoms with Gasteiger partial charge in [0.2, 0.25) is 0 Å². The Kier molecular flexibility index (Phi) is 9.24. The summed E-state index contributed by atoms with van der Waals surface area (Å²) in [4.78, 5) is 10.2. The van der Waals surface area contributed by atoms with Crippen LogP contribution in [0.3, 0.4) is 0 Å². The van der Waals surface area contributed by atoms with Crippen molar-refractivity contribution in [2.24, 2.45) is 0 Å². The van der Waals surface area contributed by atoms with Gasteiger partial charge in [-0.05, 0) is 19.3 Å². The standard InChI is InChI=1S/C12H24O4/c1-2-10(13)11(14)8-6-4-3-5-7-9-12(15)16/h10-11,13-14H,2-9H2,1H3,(H,15,16)/t10-,11-/m0/s1. The summed E-state index contributed by atoms with van der Waals surface area (Å²) in [5.74, 6) is -0.735. The highest BCUT2D eigenvalue weighted by molar-refractivity contribution is 5.66. The number of carboxylic acid groups (broad SMARTS) is 1. The summed E-state index contributed by atoms with van der Waals surface area (Å²) in [6.45, 7) is 1.85. The Morgan fingerprint density at radius 2 is 1.56 bits per heavy atom. The number of aliphatic hydroxyl groups excluding tert-OH is 2. The summed E-state index contributed by atoms with van der Waals surface area (Å²) in [6, 6.07) is 0. The Bertz CT molecular complexity index is 182. The highest BCUT2D eigenvalue weighted by Crippen LogP contribution is 2.11. The molecule has 3 N–H and O–H groups in total. The fourth-order valence-electron chi connectivity index (χ4n) is 1.62. The van der Waals surface area contributed by atoms with Crippen molar-refractivity contribution < 1.29 is 20.1 Å². The summed E-state index contributed by atoms with van der Waals surface area (Å²) in [6.07, 6.45) is 4.80. The van der Waals surface area contributed by atoms with Crippen molar-refractivity contribution in [3.63, 3.8) is 0 Å². The van der Waals surface area contributed by atoms with Gasteiger partial charge in [0.25, 0.3) is 0 Å². The smallest absolute Gasteiger partial charge is 0.303 e. The van der Waals surface area contributed by atoms with Gasteiger partial charge in [-0.3, -0.25) is 4.79 Å². The van der Waals surface area contributed by atoms with Gasteiger partial charge < -0.3 is 15.3 Å². The second-order valence-corrected chi connectivity index (χ2v) is 4.24. The molecule has 0 aliphatic rings. The van der Waals surface area contributed by atoms with E-state index < -0.39 is 18.2 Å². The molecule has 0 aliphatic heterocycles. The topological polar surface area (TPSA) is 77.8 Å². The van der Waals surface area contributed by atoms with Crippen LogP contribution in [0.15, 0.2) is 0 Å². The molecule has 0 spiro atoms. The Labute approximate surface area is 97.3 Å². The van der Waals surface area contributed by atoms with E-state index in [4.69, 9.17) is 5.11 Å². The lowest BCUT2D eigenvalue weighted by Gasteiger charge is -2.15. The minimum atomic E-state index is -0.735. The van der Waals surface area contributed by atoms with Crippen molar-refractivity contribution in [3.8, 4) is 0 Å². The van der Waals surface area contributed by atoms with E-state index in [9.17, 15) is 15.0 Å². The number of rotatable bonds is 10. The number of hydrogen-bond donors (Lipinski definition) is 3. The highest BCUT2D eigenvalue weighted by atomic mass is 16.4. The lowest BCUT2D eigenvalue weighted by Crippen LogP contribution is -2.24. The van der Waals surface area contributed by atoms with Crippen molar-refractivity contribution >= 4 is 5.97 Å². The van der Waals surface area contributed by atoms with E-state index in [1.165, 1.54) is 0 Å². The number of aliphatic carboxylic acids is 1. The van der Waals surface area contributed by atoms with Gasteiger partial charge in [0.1, 0.15) is 0 Å². The summed E-state index contributed by atoms with van der Waals surface area (Å²) in [5.41, 5.74) is 0. The van der Waals surface area contributed by atoms with Crippen LogP contribution in [0.2, 0.25) is 0 Å². The molecule has 0 saturated carbocycles. The Morgan fingerprint density at radius 3 is 2.12 bits per heavy atom. The third kappa shape index (κ3) is 8.68. The molecule has 0 amide bonds. The summed E-state index contributed by atoms with van der Waals surface area (Å²) in [7, 11) is 0. The van der Waals surface area contributed by atoms with Crippen LogP contribution in [-0.4, -0.2) is 33.5 Å². The van der Waals surface area contributed by atoms with Gasteiger partial charge in [-0.2, -0.15) is 0 Å². The first-order chi connectivity index (χ1) is 7.57. The molecule has 0 rings (SSSR count). The molecular weight excluding hydrogens is 208 g/mol. The SMILES string of the molecule is CC[C@H](O)[C@@H](O)CCCCCCCC(=O)O. The van der Waals surface area contributed by atoms with Gasteiger partial charge in [-0.25, -0.2) is 0 Å². The average molecular weight is 232 g/mol. The number of carboxylic acids is 1. The zero-order chi connectivity index (χ0) is 12.4. The van der Waals surface area contributed by atoms with Gasteiger partial charge in [0, 0.05) is 6.42 Å². The zero-order valence-electron chi connectivity index (χ0n) is 10.1. The van der Waals surface area contributed by atoms with Crippen LogP contribution in [0.25, 0.3) is 0 Å². The van der Waals surface area contributed by atoms with E-state index in [1.54, 1.807) is 0 Å². The molecular formula is C12H24O4. The fourth-order valence-corrected chi connectivity index (χ4v) is 1.62. The van der Waals surface area contributed by atoms with E-state index in [2.05, 4.69) is 0 Å². The normalized spacial score (nSPS) is 14.7. The van der Waals surface area contributed by atoms with E-state index in [-0.39, 0.29) is 6.42 Å². The van der Waals surface area contributed by atoms with Crippen molar-refractivity contribution in [1.82, 2.24) is 0 Å². The Balaban J connectivity index is 3.23. The molecule has 2 atom stereocenters. The molecule has 4 nitrogen and oxygen atoms in total. The fraction of sp³-hybridized carbons (Fsp3) is 0.917. The van der Waals surface area contributed by atoms with E-state index >= 15 is 0 Å². The molecule has 0 aromatic heterocycles. The first-order valence-corrected chi connectivity index (χ1v) is 6.15. The van der Waals surface area contributed by atoms with Crippen LogP contribution < -0.4 is 0 Å². The second-order valence-electron chi connectivity index (χ2n) is 4.24. The van der Waals surface area contributed by atoms with Gasteiger partial charge in [0.15, 0.2) is 0 Å². The monoisotopic (exact) mass is 232 g/mol. The first kappa shape index (κ1) is 15.4. The zero-order valence-corrected chi connectivity index (χ0v) is 10.1. The minimum absolute atomic E-state index is 0.247. The molecule has 16 heavy (non-hydrogen) atoms. The minimum Gasteiger partial charge on any atom is -0.481 e. The maximum Gasteiger partial charge on any atom is 0.303 e. The van der Waals surface area contributed by atoms with Crippen LogP contribution in [0.1, 0.15) is 58.3 Å². The van der Waals surface area contributed by atoms with Crippen molar-refractivity contribution in [2.45, 2.75) is 70.5 Å². The molecule has 4 heteroatoms.